The van der Waals surface area contributed by atoms with Crippen molar-refractivity contribution in [3.8, 4) is 0 Å². The second-order valence-electron chi connectivity index (χ2n) is 4.35. The molecule has 0 saturated carbocycles. The Kier molecular flexibility index (Phi) is 4.02. The smallest absolute Gasteiger partial charge is 0.141 e. The van der Waals surface area contributed by atoms with Gasteiger partial charge in [-0.05, 0) is 30.5 Å². The number of pyridine rings is 1. The lowest BCUT2D eigenvalue weighted by Gasteiger charge is -2.16. The quantitative estimate of drug-likeness (QED) is 0.642. The molecule has 1 atom stereocenters. The van der Waals surface area contributed by atoms with Gasteiger partial charge in [-0.15, -0.1) is 0 Å². The van der Waals surface area contributed by atoms with Crippen LogP contribution in [0.3, 0.4) is 0 Å². The van der Waals surface area contributed by atoms with Gasteiger partial charge in [-0.25, -0.2) is 4.39 Å². The molecule has 0 amide bonds. The normalized spacial score (nSPS) is 12.4. The molecule has 2 rings (SSSR count). The lowest BCUT2D eigenvalue weighted by Crippen LogP contribution is -2.29. The maximum Gasteiger partial charge on any atom is 0.141 e. The zero-order chi connectivity index (χ0) is 13.0. The van der Waals surface area contributed by atoms with E-state index in [9.17, 15) is 4.39 Å². The Labute approximate surface area is 106 Å². The van der Waals surface area contributed by atoms with E-state index in [0.29, 0.717) is 6.42 Å². The average Bonchev–Trinajstić information content (AvgIpc) is 2.38. The molecule has 1 heterocycles. The number of hydrogen-bond acceptors (Lipinski definition) is 3. The fraction of sp³-hybridized carbons (Fsp3) is 0.214. The minimum absolute atomic E-state index is 0.143. The first-order valence-corrected chi connectivity index (χ1v) is 5.81. The predicted molar refractivity (Wildman–Crippen MR) is 69.1 cm³/mol. The number of nitrogens with two attached hydrogens (primary N) is 1. The number of rotatable bonds is 4. The molecule has 4 heteroatoms. The molecular weight excluding hydrogens is 229 g/mol. The Bertz CT molecular complexity index is 511. The molecule has 3 N–H and O–H groups in total. The molecule has 0 aliphatic heterocycles. The predicted octanol–water partition coefficient (Wildman–Crippen LogP) is 2.28. The first-order chi connectivity index (χ1) is 8.69. The van der Waals surface area contributed by atoms with Gasteiger partial charge in [0.25, 0.3) is 0 Å². The number of hydrogen-bond donors (Lipinski definition) is 2. The number of aromatic nitrogens is 1. The van der Waals surface area contributed by atoms with Crippen molar-refractivity contribution in [2.45, 2.75) is 19.4 Å². The van der Waals surface area contributed by atoms with Crippen LogP contribution in [0.5, 0.6) is 0 Å². The molecule has 2 aromatic rings. The largest absolute Gasteiger partial charge is 0.271 e. The maximum absolute atomic E-state index is 13.1. The molecule has 0 bridgehead atoms. The van der Waals surface area contributed by atoms with E-state index in [1.807, 2.05) is 31.2 Å². The molecule has 18 heavy (non-hydrogen) atoms. The SMILES string of the molecule is Cc1ccc(CC(NN)c2cncc(F)c2)cc1. The molecule has 0 spiro atoms. The topological polar surface area (TPSA) is 50.9 Å². The summed E-state index contributed by atoms with van der Waals surface area (Å²) in [5.41, 5.74) is 5.81. The van der Waals surface area contributed by atoms with Gasteiger partial charge in [-0.1, -0.05) is 29.8 Å². The van der Waals surface area contributed by atoms with Gasteiger partial charge in [0.15, 0.2) is 0 Å². The highest BCUT2D eigenvalue weighted by atomic mass is 19.1. The minimum Gasteiger partial charge on any atom is -0.271 e. The highest BCUT2D eigenvalue weighted by Crippen LogP contribution is 2.18. The van der Waals surface area contributed by atoms with Crippen molar-refractivity contribution in [1.82, 2.24) is 10.4 Å². The zero-order valence-electron chi connectivity index (χ0n) is 10.2. The molecule has 1 aromatic heterocycles. The number of benzene rings is 1. The molecule has 0 fully saturated rings. The summed E-state index contributed by atoms with van der Waals surface area (Å²) in [6, 6.07) is 9.50. The van der Waals surface area contributed by atoms with Crippen molar-refractivity contribution in [3.05, 3.63) is 65.2 Å². The van der Waals surface area contributed by atoms with Crippen LogP contribution in [-0.4, -0.2) is 4.98 Å². The molecule has 1 aromatic carbocycles. The van der Waals surface area contributed by atoms with Crippen LogP contribution in [0.4, 0.5) is 4.39 Å². The Morgan fingerprint density at radius 1 is 1.28 bits per heavy atom. The number of halogens is 1. The lowest BCUT2D eigenvalue weighted by atomic mass is 10.00. The summed E-state index contributed by atoms with van der Waals surface area (Å²) in [6.45, 7) is 2.04. The van der Waals surface area contributed by atoms with Crippen molar-refractivity contribution in [1.29, 1.82) is 0 Å². The van der Waals surface area contributed by atoms with E-state index in [1.165, 1.54) is 17.8 Å². The molecule has 0 saturated heterocycles. The second kappa shape index (κ2) is 5.71. The molecule has 1 unspecified atom stereocenters. The summed E-state index contributed by atoms with van der Waals surface area (Å²) in [7, 11) is 0. The van der Waals surface area contributed by atoms with Gasteiger partial charge in [0.2, 0.25) is 0 Å². The first-order valence-electron chi connectivity index (χ1n) is 5.81. The number of hydrazine groups is 1. The van der Waals surface area contributed by atoms with Gasteiger partial charge in [0.1, 0.15) is 5.82 Å². The fourth-order valence-corrected chi connectivity index (χ4v) is 1.85. The van der Waals surface area contributed by atoms with Gasteiger partial charge in [-0.3, -0.25) is 16.3 Å². The monoisotopic (exact) mass is 245 g/mol. The van der Waals surface area contributed by atoms with Gasteiger partial charge in [0.05, 0.1) is 12.2 Å². The standard InChI is InChI=1S/C14H16FN3/c1-10-2-4-11(5-3-10)6-14(18-16)12-7-13(15)9-17-8-12/h2-5,7-9,14,18H,6,16H2,1H3. The average molecular weight is 245 g/mol. The van der Waals surface area contributed by atoms with Crippen molar-refractivity contribution >= 4 is 0 Å². The summed E-state index contributed by atoms with van der Waals surface area (Å²) in [5.74, 6) is 5.18. The van der Waals surface area contributed by atoms with E-state index in [1.54, 1.807) is 6.20 Å². The highest BCUT2D eigenvalue weighted by Gasteiger charge is 2.11. The van der Waals surface area contributed by atoms with E-state index < -0.39 is 0 Å². The first kappa shape index (κ1) is 12.7. The van der Waals surface area contributed by atoms with Crippen LogP contribution in [0.25, 0.3) is 0 Å². The molecule has 0 radical (unpaired) electrons. The Morgan fingerprint density at radius 3 is 2.61 bits per heavy atom. The van der Waals surface area contributed by atoms with E-state index in [4.69, 9.17) is 5.84 Å². The van der Waals surface area contributed by atoms with Gasteiger partial charge < -0.3 is 0 Å². The Morgan fingerprint density at radius 2 is 2.00 bits per heavy atom. The van der Waals surface area contributed by atoms with Crippen LogP contribution >= 0.6 is 0 Å². The van der Waals surface area contributed by atoms with Crippen LogP contribution in [0, 0.1) is 12.7 Å². The third-order valence-corrected chi connectivity index (χ3v) is 2.89. The second-order valence-corrected chi connectivity index (χ2v) is 4.35. The van der Waals surface area contributed by atoms with Crippen LogP contribution < -0.4 is 11.3 Å². The van der Waals surface area contributed by atoms with Crippen LogP contribution in [-0.2, 0) is 6.42 Å². The fourth-order valence-electron chi connectivity index (χ4n) is 1.85. The van der Waals surface area contributed by atoms with Gasteiger partial charge >= 0.3 is 0 Å². The summed E-state index contributed by atoms with van der Waals surface area (Å²) < 4.78 is 13.1. The van der Waals surface area contributed by atoms with Crippen molar-refractivity contribution < 1.29 is 4.39 Å². The summed E-state index contributed by atoms with van der Waals surface area (Å²) in [6.07, 6.45) is 3.51. The maximum atomic E-state index is 13.1. The van der Waals surface area contributed by atoms with Crippen molar-refractivity contribution in [3.63, 3.8) is 0 Å². The third kappa shape index (κ3) is 3.12. The van der Waals surface area contributed by atoms with Crippen LogP contribution in [0.15, 0.2) is 42.7 Å². The molecule has 94 valence electrons. The lowest BCUT2D eigenvalue weighted by molar-refractivity contribution is 0.541. The van der Waals surface area contributed by atoms with Gasteiger partial charge in [0, 0.05) is 6.20 Å². The molecule has 0 aliphatic carbocycles. The summed E-state index contributed by atoms with van der Waals surface area (Å²) in [5, 5.41) is 0. The van der Waals surface area contributed by atoms with Crippen molar-refractivity contribution in [2.24, 2.45) is 5.84 Å². The van der Waals surface area contributed by atoms with Gasteiger partial charge in [-0.2, -0.15) is 0 Å². The molecule has 3 nitrogen and oxygen atoms in total. The minimum atomic E-state index is -0.350. The third-order valence-electron chi connectivity index (χ3n) is 2.89. The highest BCUT2D eigenvalue weighted by molar-refractivity contribution is 5.24. The summed E-state index contributed by atoms with van der Waals surface area (Å²) >= 11 is 0. The number of nitrogens with one attached hydrogen (secondary N) is 1. The zero-order valence-corrected chi connectivity index (χ0v) is 10.2. The molecule has 0 aliphatic rings. The van der Waals surface area contributed by atoms with E-state index >= 15 is 0 Å². The number of aryl methyl sites for hydroxylation is 1. The van der Waals surface area contributed by atoms with E-state index in [-0.39, 0.29) is 11.9 Å². The van der Waals surface area contributed by atoms with E-state index in [2.05, 4.69) is 10.4 Å². The van der Waals surface area contributed by atoms with Crippen LogP contribution in [0.2, 0.25) is 0 Å². The molecular formula is C14H16FN3. The van der Waals surface area contributed by atoms with Crippen molar-refractivity contribution in [2.75, 3.05) is 0 Å². The number of nitrogens with zero attached hydrogens (tertiary/aromatic N) is 1. The van der Waals surface area contributed by atoms with E-state index in [0.717, 1.165) is 11.1 Å². The Balaban J connectivity index is 2.17. The van der Waals surface area contributed by atoms with Crippen LogP contribution in [0.1, 0.15) is 22.7 Å². The summed E-state index contributed by atoms with van der Waals surface area (Å²) in [4.78, 5) is 3.84. The Hall–Kier alpha value is -1.78.